The first-order valence-corrected chi connectivity index (χ1v) is 23.9. The molecule has 0 bridgehead atoms. The van der Waals surface area contributed by atoms with Crippen LogP contribution in [0.3, 0.4) is 0 Å². The average molecular weight is 982 g/mol. The zero-order chi connectivity index (χ0) is 52.2. The van der Waals surface area contributed by atoms with Gasteiger partial charge in [0.25, 0.3) is 0 Å². The molecule has 0 unspecified atom stereocenters. The second-order valence-corrected chi connectivity index (χ2v) is 18.3. The van der Waals surface area contributed by atoms with Crippen molar-refractivity contribution in [3.63, 3.8) is 0 Å². The first-order valence-electron chi connectivity index (χ1n) is 23.9. The van der Waals surface area contributed by atoms with E-state index in [1.54, 1.807) is 66.7 Å². The summed E-state index contributed by atoms with van der Waals surface area (Å²) in [5.41, 5.74) is 12.3. The number of nitriles is 3. The molecule has 7 nitrogen and oxygen atoms in total. The smallest absolute Gasteiger partial charge is 0.308 e. The molecule has 0 spiro atoms. The highest BCUT2D eigenvalue weighted by Crippen LogP contribution is 2.47. The molecular formula is C66H34F3N7. The molecule has 10 aromatic carbocycles. The molecule has 0 saturated carbocycles. The van der Waals surface area contributed by atoms with Crippen LogP contribution in [-0.4, -0.2) is 9.13 Å². The van der Waals surface area contributed by atoms with Crippen LogP contribution in [0.1, 0.15) is 22.3 Å². The van der Waals surface area contributed by atoms with Gasteiger partial charge in [0.15, 0.2) is 11.4 Å². The van der Waals surface area contributed by atoms with Crippen LogP contribution in [0.15, 0.2) is 206 Å². The molecule has 0 saturated heterocycles. The van der Waals surface area contributed by atoms with E-state index in [0.717, 1.165) is 94.2 Å². The number of nitrogens with zero attached hydrogens (tertiary/aromatic N) is 7. The van der Waals surface area contributed by atoms with Gasteiger partial charge >= 0.3 is 6.18 Å². The van der Waals surface area contributed by atoms with Crippen LogP contribution in [0.4, 0.5) is 24.5 Å². The zero-order valence-electron chi connectivity index (χ0n) is 39.9. The van der Waals surface area contributed by atoms with Crippen LogP contribution in [0.25, 0.3) is 120 Å². The zero-order valence-corrected chi connectivity index (χ0v) is 39.9. The molecule has 2 aromatic heterocycles. The summed E-state index contributed by atoms with van der Waals surface area (Å²) in [6.45, 7) is 16.2. The summed E-state index contributed by atoms with van der Waals surface area (Å²) in [4.78, 5) is 7.56. The predicted molar refractivity (Wildman–Crippen MR) is 294 cm³/mol. The van der Waals surface area contributed by atoms with Gasteiger partial charge in [-0.1, -0.05) is 103 Å². The van der Waals surface area contributed by atoms with Crippen molar-refractivity contribution in [1.29, 1.82) is 15.8 Å². The van der Waals surface area contributed by atoms with E-state index < -0.39 is 11.7 Å². The summed E-state index contributed by atoms with van der Waals surface area (Å²) < 4.78 is 49.4. The van der Waals surface area contributed by atoms with Crippen molar-refractivity contribution in [1.82, 2.24) is 9.13 Å². The largest absolute Gasteiger partial charge is 0.416 e. The fraction of sp³-hybridized carbons (Fsp3) is 0.0152. The van der Waals surface area contributed by atoms with E-state index in [0.29, 0.717) is 33.8 Å². The van der Waals surface area contributed by atoms with Gasteiger partial charge in [-0.3, -0.25) is 0 Å². The summed E-state index contributed by atoms with van der Waals surface area (Å²) in [6, 6.07) is 69.1. The van der Waals surface area contributed by atoms with Crippen molar-refractivity contribution < 1.29 is 13.2 Å². The highest BCUT2D eigenvalue weighted by molar-refractivity contribution is 6.14. The van der Waals surface area contributed by atoms with Crippen LogP contribution in [-0.2, 0) is 6.18 Å². The molecular weight excluding hydrogens is 948 g/mol. The van der Waals surface area contributed by atoms with Crippen molar-refractivity contribution in [2.24, 2.45) is 0 Å². The van der Waals surface area contributed by atoms with Crippen LogP contribution < -0.4 is 0 Å². The molecule has 0 amide bonds. The highest BCUT2D eigenvalue weighted by Gasteiger charge is 2.34. The Morgan fingerprint density at radius 3 is 1.05 bits per heavy atom. The number of fused-ring (bicyclic) bond motifs is 6. The Kier molecular flexibility index (Phi) is 11.1. The quantitative estimate of drug-likeness (QED) is 0.149. The maximum atomic E-state index is 15.1. The van der Waals surface area contributed by atoms with Crippen molar-refractivity contribution in [3.8, 4) is 85.2 Å². The van der Waals surface area contributed by atoms with E-state index in [1.165, 1.54) is 12.1 Å². The van der Waals surface area contributed by atoms with Crippen LogP contribution in [0.5, 0.6) is 0 Å². The Morgan fingerprint density at radius 2 is 0.711 bits per heavy atom. The molecule has 354 valence electrons. The Balaban J connectivity index is 1.20. The first kappa shape index (κ1) is 46.1. The molecule has 0 radical (unpaired) electrons. The molecule has 0 aliphatic heterocycles. The van der Waals surface area contributed by atoms with Crippen molar-refractivity contribution in [3.05, 3.63) is 251 Å². The summed E-state index contributed by atoms with van der Waals surface area (Å²) in [5, 5.41) is 32.2. The van der Waals surface area contributed by atoms with E-state index in [9.17, 15) is 15.8 Å². The molecule has 76 heavy (non-hydrogen) atoms. The number of alkyl halides is 3. The van der Waals surface area contributed by atoms with E-state index in [-0.39, 0.29) is 16.8 Å². The van der Waals surface area contributed by atoms with Crippen LogP contribution in [0.2, 0.25) is 0 Å². The minimum absolute atomic E-state index is 0.0168. The molecule has 12 aromatic rings. The van der Waals surface area contributed by atoms with Gasteiger partial charge in [0.1, 0.15) is 0 Å². The minimum atomic E-state index is -4.74. The Morgan fingerprint density at radius 1 is 0.368 bits per heavy atom. The number of rotatable bonds is 7. The molecule has 0 atom stereocenters. The van der Waals surface area contributed by atoms with E-state index in [1.807, 2.05) is 97.1 Å². The van der Waals surface area contributed by atoms with Gasteiger partial charge in [0, 0.05) is 21.5 Å². The number of aromatic nitrogens is 2. The van der Waals surface area contributed by atoms with Gasteiger partial charge < -0.3 is 9.13 Å². The Labute approximate surface area is 433 Å². The van der Waals surface area contributed by atoms with Crippen LogP contribution in [0, 0.1) is 47.1 Å². The maximum Gasteiger partial charge on any atom is 0.416 e. The maximum absolute atomic E-state index is 15.1. The molecule has 0 fully saturated rings. The molecule has 2 heterocycles. The van der Waals surface area contributed by atoms with Gasteiger partial charge in [0.2, 0.25) is 0 Å². The fourth-order valence-electron chi connectivity index (χ4n) is 10.4. The number of halogens is 3. The summed E-state index contributed by atoms with van der Waals surface area (Å²) >= 11 is 0. The van der Waals surface area contributed by atoms with Crippen molar-refractivity contribution in [2.75, 3.05) is 0 Å². The first-order chi connectivity index (χ1) is 37.0. The fourth-order valence-corrected chi connectivity index (χ4v) is 10.4. The van der Waals surface area contributed by atoms with Gasteiger partial charge in [0.05, 0.1) is 87.0 Å². The lowest BCUT2D eigenvalue weighted by Crippen LogP contribution is -2.08. The summed E-state index contributed by atoms with van der Waals surface area (Å²) in [7, 11) is 0. The lowest BCUT2D eigenvalue weighted by atomic mass is 9.96. The molecule has 10 heteroatoms. The molecule has 0 aliphatic carbocycles. The second-order valence-electron chi connectivity index (χ2n) is 18.3. The molecule has 0 N–H and O–H groups in total. The van der Waals surface area contributed by atoms with Crippen LogP contribution >= 0.6 is 0 Å². The molecule has 12 rings (SSSR count). The lowest BCUT2D eigenvalue weighted by molar-refractivity contribution is -0.137. The number of benzene rings is 10. The Hall–Kier alpha value is -11.0. The number of hydrogen-bond acceptors (Lipinski definition) is 3. The third-order valence-corrected chi connectivity index (χ3v) is 14.1. The lowest BCUT2D eigenvalue weighted by Gasteiger charge is -2.21. The Bertz CT molecular complexity index is 4360. The van der Waals surface area contributed by atoms with E-state index in [4.69, 9.17) is 13.1 Å². The standard InChI is InChI=1S/C66H34F3N7/c1-73-51-25-19-46(20-26-51)50-24-30-63-57(34-50)56-33-49(45-17-11-42(39-72)12-18-45)23-29-62(56)76(63)65-36-59(74-2)53(52-5-3-4-6-58(52)66(67,68)69)35-64(65)75-60-27-21-47(43-13-7-40(37-70)8-14-43)31-54(60)55-32-48(22-28-61(55)75)44-15-9-41(38-71)10-16-44/h3-36H. The predicted octanol–water partition coefficient (Wildman–Crippen LogP) is 18.0. The van der Waals surface area contributed by atoms with Gasteiger partial charge in [-0.15, -0.1) is 0 Å². The summed E-state index contributed by atoms with van der Waals surface area (Å²) in [6.07, 6.45) is -4.74. The average Bonchev–Trinajstić information content (AvgIpc) is 4.15. The number of hydrogen-bond donors (Lipinski definition) is 0. The topological polar surface area (TPSA) is 89.9 Å². The van der Waals surface area contributed by atoms with Crippen molar-refractivity contribution >= 4 is 55.0 Å². The minimum Gasteiger partial charge on any atom is -0.308 e. The molecule has 0 aliphatic rings. The normalized spacial score (nSPS) is 11.3. The SMILES string of the molecule is [C-]#[N+]c1ccc(-c2ccc3c(c2)c2cc(-c4ccc(C#N)cc4)ccc2n3-c2cc([N+]#[C-])c(-c3ccccc3C(F)(F)F)cc2-n2c3ccc(-c4ccc(C#N)cc4)cc3c3cc(-c4ccc(C#N)cc4)ccc32)cc1. The monoisotopic (exact) mass is 981 g/mol. The van der Waals surface area contributed by atoms with Gasteiger partial charge in [-0.05, 0) is 159 Å². The highest BCUT2D eigenvalue weighted by atomic mass is 19.4. The third-order valence-electron chi connectivity index (χ3n) is 14.1. The van der Waals surface area contributed by atoms with Gasteiger partial charge in [-0.2, -0.15) is 29.0 Å². The van der Waals surface area contributed by atoms with Gasteiger partial charge in [-0.25, -0.2) is 9.69 Å². The van der Waals surface area contributed by atoms with Crippen molar-refractivity contribution in [2.45, 2.75) is 6.18 Å². The summed E-state index contributed by atoms with van der Waals surface area (Å²) in [5.74, 6) is 0. The van der Waals surface area contributed by atoms with E-state index >= 15 is 13.2 Å². The van der Waals surface area contributed by atoms with E-state index in [2.05, 4.69) is 61.3 Å². The second kappa shape index (κ2) is 18.3. The third kappa shape index (κ3) is 7.83.